The predicted molar refractivity (Wildman–Crippen MR) is 133 cm³/mol. The van der Waals surface area contributed by atoms with Crippen molar-refractivity contribution in [1.82, 2.24) is 5.32 Å². The van der Waals surface area contributed by atoms with Gasteiger partial charge in [-0.3, -0.25) is 4.79 Å². The molecule has 8 nitrogen and oxygen atoms in total. The molecule has 1 aliphatic carbocycles. The number of primary amides is 1. The first-order chi connectivity index (χ1) is 16.8. The quantitative estimate of drug-likeness (QED) is 0.314. The second-order valence-corrected chi connectivity index (χ2v) is 9.26. The Morgan fingerprint density at radius 1 is 0.971 bits per heavy atom. The van der Waals surface area contributed by atoms with Crippen LogP contribution < -0.4 is 16.8 Å². The van der Waals surface area contributed by atoms with Crippen molar-refractivity contribution in [2.45, 2.75) is 57.6 Å². The fourth-order valence-electron chi connectivity index (χ4n) is 4.40. The lowest BCUT2D eigenvalue weighted by Gasteiger charge is -2.22. The molecule has 188 valence electrons. The zero-order valence-electron chi connectivity index (χ0n) is 20.4. The van der Waals surface area contributed by atoms with Crippen LogP contribution in [0.3, 0.4) is 0 Å². The highest BCUT2D eigenvalue weighted by Crippen LogP contribution is 2.44. The molecule has 0 heterocycles. The Morgan fingerprint density at radius 3 is 2.11 bits per heavy atom. The Labute approximate surface area is 206 Å². The topological polar surface area (TPSA) is 134 Å². The van der Waals surface area contributed by atoms with Crippen LogP contribution in [-0.4, -0.2) is 43.3 Å². The highest BCUT2D eigenvalue weighted by atomic mass is 16.6. The Kier molecular flexibility index (Phi) is 9.25. The molecule has 2 atom stereocenters. The molecule has 0 radical (unpaired) electrons. The van der Waals surface area contributed by atoms with Crippen molar-refractivity contribution in [2.24, 2.45) is 17.4 Å². The smallest absolute Gasteiger partial charge is 0.407 e. The normalized spacial score (nSPS) is 14.1. The Balaban J connectivity index is 1.65. The van der Waals surface area contributed by atoms with Gasteiger partial charge in [0.05, 0.1) is 0 Å². The standard InChI is InChI=1S/C27H35N3O5/c1-17(2)15-24(25(29)31)35-26(32)23(13-7-8-14-28)30-27(33)34-16-22-20-11-5-3-9-18(20)19-10-4-6-12-21(19)22/h3-6,9-12,17,22-24H,7-8,13-16,28H2,1-2H3,(H2,29,31)(H,30,33)/t23-,24-/m0/s1. The van der Waals surface area contributed by atoms with Crippen molar-refractivity contribution in [3.05, 3.63) is 59.7 Å². The van der Waals surface area contributed by atoms with Gasteiger partial charge in [-0.05, 0) is 60.4 Å². The van der Waals surface area contributed by atoms with Crippen LogP contribution in [0.15, 0.2) is 48.5 Å². The van der Waals surface area contributed by atoms with E-state index in [1.165, 1.54) is 0 Å². The van der Waals surface area contributed by atoms with Gasteiger partial charge < -0.3 is 26.3 Å². The number of alkyl carbamates (subject to hydrolysis) is 1. The van der Waals surface area contributed by atoms with Crippen LogP contribution in [0.25, 0.3) is 11.1 Å². The van der Waals surface area contributed by atoms with Gasteiger partial charge in [0.2, 0.25) is 0 Å². The molecule has 2 amide bonds. The number of nitrogens with two attached hydrogens (primary N) is 2. The van der Waals surface area contributed by atoms with Crippen molar-refractivity contribution < 1.29 is 23.9 Å². The van der Waals surface area contributed by atoms with E-state index in [4.69, 9.17) is 20.9 Å². The van der Waals surface area contributed by atoms with Gasteiger partial charge in [-0.25, -0.2) is 9.59 Å². The fraction of sp³-hybridized carbons (Fsp3) is 0.444. The van der Waals surface area contributed by atoms with Gasteiger partial charge in [0.1, 0.15) is 12.6 Å². The minimum atomic E-state index is -1.05. The van der Waals surface area contributed by atoms with E-state index in [2.05, 4.69) is 17.4 Å². The van der Waals surface area contributed by atoms with E-state index < -0.39 is 30.1 Å². The lowest BCUT2D eigenvalue weighted by Crippen LogP contribution is -2.45. The predicted octanol–water partition coefficient (Wildman–Crippen LogP) is 3.47. The van der Waals surface area contributed by atoms with Gasteiger partial charge in [0, 0.05) is 5.92 Å². The average Bonchev–Trinajstić information content (AvgIpc) is 3.15. The summed E-state index contributed by atoms with van der Waals surface area (Å²) >= 11 is 0. The van der Waals surface area contributed by atoms with Crippen molar-refractivity contribution >= 4 is 18.0 Å². The number of nitrogens with one attached hydrogen (secondary N) is 1. The summed E-state index contributed by atoms with van der Waals surface area (Å²) in [4.78, 5) is 37.3. The maximum Gasteiger partial charge on any atom is 0.407 e. The van der Waals surface area contributed by atoms with Gasteiger partial charge >= 0.3 is 12.1 Å². The number of carbonyl (C=O) groups is 3. The molecule has 0 spiro atoms. The van der Waals surface area contributed by atoms with Gasteiger partial charge in [0.25, 0.3) is 5.91 Å². The van der Waals surface area contributed by atoms with E-state index in [9.17, 15) is 14.4 Å². The highest BCUT2D eigenvalue weighted by molar-refractivity contribution is 5.86. The largest absolute Gasteiger partial charge is 0.451 e. The van der Waals surface area contributed by atoms with E-state index in [-0.39, 0.29) is 18.4 Å². The van der Waals surface area contributed by atoms with Gasteiger partial charge in [-0.1, -0.05) is 62.4 Å². The zero-order valence-corrected chi connectivity index (χ0v) is 20.4. The first-order valence-corrected chi connectivity index (χ1v) is 12.1. The first kappa shape index (κ1) is 26.2. The molecule has 0 aromatic heterocycles. The second kappa shape index (κ2) is 12.4. The number of ether oxygens (including phenoxy) is 2. The summed E-state index contributed by atoms with van der Waals surface area (Å²) in [6.45, 7) is 4.39. The summed E-state index contributed by atoms with van der Waals surface area (Å²) in [6, 6.07) is 15.1. The van der Waals surface area contributed by atoms with E-state index in [1.807, 2.05) is 50.2 Å². The molecule has 2 aromatic rings. The molecule has 5 N–H and O–H groups in total. The number of hydrogen-bond acceptors (Lipinski definition) is 6. The molecular formula is C27H35N3O5. The van der Waals surface area contributed by atoms with E-state index in [0.717, 1.165) is 22.3 Å². The molecular weight excluding hydrogens is 446 g/mol. The summed E-state index contributed by atoms with van der Waals surface area (Å²) in [6.07, 6.45) is 0.131. The number of fused-ring (bicyclic) bond motifs is 3. The van der Waals surface area contributed by atoms with Crippen LogP contribution in [0.1, 0.15) is 56.6 Å². The number of amides is 2. The molecule has 1 aliphatic rings. The van der Waals surface area contributed by atoms with E-state index in [0.29, 0.717) is 32.2 Å². The average molecular weight is 482 g/mol. The SMILES string of the molecule is CC(C)C[C@H](OC(=O)[C@H](CCCCN)NC(=O)OCC1c2ccccc2-c2ccccc21)C(N)=O. The monoisotopic (exact) mass is 481 g/mol. The Bertz CT molecular complexity index is 993. The van der Waals surface area contributed by atoms with Crippen LogP contribution in [0.4, 0.5) is 4.79 Å². The van der Waals surface area contributed by atoms with Crippen LogP contribution >= 0.6 is 0 Å². The summed E-state index contributed by atoms with van der Waals surface area (Å²) in [5, 5.41) is 2.62. The molecule has 3 rings (SSSR count). The third kappa shape index (κ3) is 6.82. The molecule has 0 saturated carbocycles. The van der Waals surface area contributed by atoms with E-state index in [1.54, 1.807) is 0 Å². The number of unbranched alkanes of at least 4 members (excludes halogenated alkanes) is 1. The van der Waals surface area contributed by atoms with Gasteiger partial charge in [-0.15, -0.1) is 0 Å². The Morgan fingerprint density at radius 2 is 1.57 bits per heavy atom. The van der Waals surface area contributed by atoms with Crippen molar-refractivity contribution in [2.75, 3.05) is 13.2 Å². The summed E-state index contributed by atoms with van der Waals surface area (Å²) in [5.41, 5.74) is 15.4. The van der Waals surface area contributed by atoms with Crippen LogP contribution in [0.5, 0.6) is 0 Å². The highest BCUT2D eigenvalue weighted by Gasteiger charge is 2.31. The molecule has 0 aliphatic heterocycles. The van der Waals surface area contributed by atoms with Crippen molar-refractivity contribution in [3.63, 3.8) is 0 Å². The Hall–Kier alpha value is -3.39. The maximum absolute atomic E-state index is 12.8. The van der Waals surface area contributed by atoms with Crippen molar-refractivity contribution in [1.29, 1.82) is 0 Å². The third-order valence-corrected chi connectivity index (χ3v) is 6.13. The van der Waals surface area contributed by atoms with Crippen LogP contribution in [-0.2, 0) is 19.1 Å². The van der Waals surface area contributed by atoms with Crippen molar-refractivity contribution in [3.8, 4) is 11.1 Å². The first-order valence-electron chi connectivity index (χ1n) is 12.1. The maximum atomic E-state index is 12.8. The second-order valence-electron chi connectivity index (χ2n) is 9.26. The van der Waals surface area contributed by atoms with Gasteiger partial charge in [-0.2, -0.15) is 0 Å². The summed E-state index contributed by atoms with van der Waals surface area (Å²) in [5.74, 6) is -1.42. The van der Waals surface area contributed by atoms with Crippen LogP contribution in [0.2, 0.25) is 0 Å². The molecule has 0 unspecified atom stereocenters. The minimum Gasteiger partial charge on any atom is -0.451 e. The fourth-order valence-corrected chi connectivity index (χ4v) is 4.40. The molecule has 2 aromatic carbocycles. The molecule has 35 heavy (non-hydrogen) atoms. The summed E-state index contributed by atoms with van der Waals surface area (Å²) in [7, 11) is 0. The van der Waals surface area contributed by atoms with E-state index >= 15 is 0 Å². The number of rotatable bonds is 12. The zero-order chi connectivity index (χ0) is 25.4. The molecule has 0 saturated heterocycles. The number of hydrogen-bond donors (Lipinski definition) is 3. The van der Waals surface area contributed by atoms with Crippen LogP contribution in [0, 0.1) is 5.92 Å². The molecule has 8 heteroatoms. The lowest BCUT2D eigenvalue weighted by molar-refractivity contribution is -0.157. The molecule has 0 bridgehead atoms. The number of benzene rings is 2. The summed E-state index contributed by atoms with van der Waals surface area (Å²) < 4.78 is 10.9. The number of carbonyl (C=O) groups excluding carboxylic acids is 3. The van der Waals surface area contributed by atoms with Gasteiger partial charge in [0.15, 0.2) is 6.10 Å². The molecule has 0 fully saturated rings. The lowest BCUT2D eigenvalue weighted by atomic mass is 9.98. The minimum absolute atomic E-state index is 0.0962. The third-order valence-electron chi connectivity index (χ3n) is 6.13. The number of esters is 1.